The lowest BCUT2D eigenvalue weighted by atomic mass is 10.3. The highest BCUT2D eigenvalue weighted by Crippen LogP contribution is 2.34. The van der Waals surface area contributed by atoms with Gasteiger partial charge in [-0.2, -0.15) is 0 Å². The van der Waals surface area contributed by atoms with E-state index < -0.39 is 10.0 Å². The van der Waals surface area contributed by atoms with E-state index in [1.807, 2.05) is 26.8 Å². The van der Waals surface area contributed by atoms with Gasteiger partial charge in [-0.05, 0) is 63.9 Å². The Morgan fingerprint density at radius 3 is 2.62 bits per heavy atom. The summed E-state index contributed by atoms with van der Waals surface area (Å²) in [6.07, 6.45) is 6.61. The first-order valence-corrected chi connectivity index (χ1v) is 11.3. The van der Waals surface area contributed by atoms with Crippen LogP contribution in [-0.4, -0.2) is 26.2 Å². The molecule has 2 aromatic rings. The van der Waals surface area contributed by atoms with E-state index in [9.17, 15) is 8.42 Å². The number of aromatic nitrogens is 1. The molecule has 0 radical (unpaired) electrons. The van der Waals surface area contributed by atoms with Crippen molar-refractivity contribution >= 4 is 45.8 Å². The minimum absolute atomic E-state index is 0.00106. The first-order chi connectivity index (χ1) is 13.7. The molecule has 1 aromatic carbocycles. The number of thioether (sulfide) groups is 1. The number of rotatable bonds is 9. The van der Waals surface area contributed by atoms with Crippen molar-refractivity contribution < 1.29 is 13.2 Å². The summed E-state index contributed by atoms with van der Waals surface area (Å²) in [5, 5.41) is 0.776. The predicted octanol–water partition coefficient (Wildman–Crippen LogP) is 5.53. The number of pyridine rings is 1. The molecule has 9 heteroatoms. The number of halogens is 1. The number of hydrogen-bond acceptors (Lipinski definition) is 6. The molecule has 0 aliphatic carbocycles. The molecule has 0 spiro atoms. The van der Waals surface area contributed by atoms with E-state index in [1.54, 1.807) is 24.4 Å². The Kier molecular flexibility index (Phi) is 8.31. The van der Waals surface area contributed by atoms with Crippen molar-refractivity contribution in [3.8, 4) is 5.75 Å². The topological polar surface area (TPSA) is 80.7 Å². The molecule has 0 saturated heterocycles. The molecule has 154 valence electrons. The van der Waals surface area contributed by atoms with Crippen LogP contribution in [0, 0.1) is 0 Å². The molecule has 29 heavy (non-hydrogen) atoms. The van der Waals surface area contributed by atoms with Crippen LogP contribution in [-0.2, 0) is 10.0 Å². The van der Waals surface area contributed by atoms with E-state index in [0.29, 0.717) is 15.8 Å². The lowest BCUT2D eigenvalue weighted by molar-refractivity contribution is 0.242. The van der Waals surface area contributed by atoms with Crippen molar-refractivity contribution in [3.05, 3.63) is 64.8 Å². The van der Waals surface area contributed by atoms with Gasteiger partial charge in [-0.15, -0.1) is 0 Å². The number of hydrogen-bond donors (Lipinski definition) is 1. The van der Waals surface area contributed by atoms with Crippen LogP contribution in [0.3, 0.4) is 0 Å². The summed E-state index contributed by atoms with van der Waals surface area (Å²) in [7, 11) is -3.84. The minimum atomic E-state index is -3.84. The molecule has 0 bridgehead atoms. The van der Waals surface area contributed by atoms with Gasteiger partial charge in [0.1, 0.15) is 10.8 Å². The Balaban J connectivity index is 2.31. The van der Waals surface area contributed by atoms with Crippen molar-refractivity contribution in [2.45, 2.75) is 36.8 Å². The van der Waals surface area contributed by atoms with E-state index >= 15 is 0 Å². The van der Waals surface area contributed by atoms with Gasteiger partial charge in [0.2, 0.25) is 0 Å². The minimum Gasteiger partial charge on any atom is -0.491 e. The maximum Gasteiger partial charge on any atom is 0.261 e. The monoisotopic (exact) mass is 451 g/mol. The van der Waals surface area contributed by atoms with Gasteiger partial charge >= 0.3 is 0 Å². The van der Waals surface area contributed by atoms with Gasteiger partial charge in [0.05, 0.1) is 21.7 Å². The molecule has 1 aromatic heterocycles. The quantitative estimate of drug-likeness (QED) is 0.308. The Labute approximate surface area is 180 Å². The summed E-state index contributed by atoms with van der Waals surface area (Å²) in [6, 6.07) is 7.73. The summed E-state index contributed by atoms with van der Waals surface area (Å²) in [4.78, 5) is 8.86. The van der Waals surface area contributed by atoms with E-state index in [2.05, 4.69) is 21.4 Å². The highest BCUT2D eigenvalue weighted by atomic mass is 35.5. The van der Waals surface area contributed by atoms with Crippen molar-refractivity contribution in [3.63, 3.8) is 0 Å². The molecule has 6 nitrogen and oxygen atoms in total. The van der Waals surface area contributed by atoms with Gasteiger partial charge in [0.15, 0.2) is 0 Å². The van der Waals surface area contributed by atoms with Crippen molar-refractivity contribution in [2.75, 3.05) is 4.72 Å². The van der Waals surface area contributed by atoms with Gasteiger partial charge < -0.3 is 4.74 Å². The Morgan fingerprint density at radius 2 is 2.03 bits per heavy atom. The third kappa shape index (κ3) is 6.92. The zero-order valence-electron chi connectivity index (χ0n) is 16.3. The van der Waals surface area contributed by atoms with Crippen LogP contribution >= 0.6 is 23.4 Å². The largest absolute Gasteiger partial charge is 0.491 e. The average molecular weight is 452 g/mol. The molecule has 0 aliphatic rings. The van der Waals surface area contributed by atoms with Crippen LogP contribution in [0.5, 0.6) is 5.75 Å². The SMILES string of the molecule is C=N/C=C\C(=C/C)Sc1ncc(Cl)cc1NS(=O)(=O)c1ccc(OC(C)C)cc1. The number of benzene rings is 1. The molecule has 0 amide bonds. The van der Waals surface area contributed by atoms with Crippen LogP contribution in [0.25, 0.3) is 0 Å². The molecule has 0 fully saturated rings. The predicted molar refractivity (Wildman–Crippen MR) is 121 cm³/mol. The number of sulfonamides is 1. The van der Waals surface area contributed by atoms with Gasteiger partial charge in [-0.25, -0.2) is 13.4 Å². The number of nitrogens with one attached hydrogen (secondary N) is 1. The first-order valence-electron chi connectivity index (χ1n) is 8.66. The number of aliphatic imine (C=N–C) groups is 1. The molecule has 0 unspecified atom stereocenters. The molecule has 0 saturated carbocycles. The van der Waals surface area contributed by atoms with E-state index in [4.69, 9.17) is 16.3 Å². The second-order valence-corrected chi connectivity index (χ2v) is 9.22. The Morgan fingerprint density at radius 1 is 1.34 bits per heavy atom. The van der Waals surface area contributed by atoms with E-state index in [-0.39, 0.29) is 16.7 Å². The molecule has 0 atom stereocenters. The molecular weight excluding hydrogens is 430 g/mol. The van der Waals surface area contributed by atoms with E-state index in [1.165, 1.54) is 36.2 Å². The number of ether oxygens (including phenoxy) is 1. The maximum absolute atomic E-state index is 12.8. The Bertz CT molecular complexity index is 1020. The first kappa shape index (κ1) is 23.0. The fourth-order valence-electron chi connectivity index (χ4n) is 2.18. The molecule has 1 heterocycles. The highest BCUT2D eigenvalue weighted by molar-refractivity contribution is 8.03. The van der Waals surface area contributed by atoms with E-state index in [0.717, 1.165) is 4.91 Å². The van der Waals surface area contributed by atoms with Crippen LogP contribution < -0.4 is 9.46 Å². The number of nitrogens with zero attached hydrogens (tertiary/aromatic N) is 2. The summed E-state index contributed by atoms with van der Waals surface area (Å²) in [5.74, 6) is 0.597. The molecule has 2 rings (SSSR count). The summed E-state index contributed by atoms with van der Waals surface area (Å²) >= 11 is 7.32. The molecule has 0 aliphatic heterocycles. The second-order valence-electron chi connectivity index (χ2n) is 6.04. The van der Waals surface area contributed by atoms with Crippen molar-refractivity contribution in [2.24, 2.45) is 4.99 Å². The number of anilines is 1. The van der Waals surface area contributed by atoms with Crippen LogP contribution in [0.1, 0.15) is 20.8 Å². The van der Waals surface area contributed by atoms with Crippen LogP contribution in [0.2, 0.25) is 5.02 Å². The lowest BCUT2D eigenvalue weighted by Crippen LogP contribution is -2.14. The molecule has 1 N–H and O–H groups in total. The fraction of sp³-hybridized carbons (Fsp3) is 0.200. The van der Waals surface area contributed by atoms with Crippen LogP contribution in [0.4, 0.5) is 5.69 Å². The highest BCUT2D eigenvalue weighted by Gasteiger charge is 2.18. The third-order valence-electron chi connectivity index (χ3n) is 3.41. The van der Waals surface area contributed by atoms with Gasteiger partial charge in [0, 0.05) is 17.3 Å². The van der Waals surface area contributed by atoms with Gasteiger partial charge in [-0.1, -0.05) is 29.4 Å². The summed E-state index contributed by atoms with van der Waals surface area (Å²) < 4.78 is 33.8. The third-order valence-corrected chi connectivity index (χ3v) is 6.13. The van der Waals surface area contributed by atoms with Crippen LogP contribution in [0.15, 0.2) is 74.7 Å². The summed E-state index contributed by atoms with van der Waals surface area (Å²) in [5.41, 5.74) is 0.282. The zero-order chi connectivity index (χ0) is 21.4. The van der Waals surface area contributed by atoms with Crippen molar-refractivity contribution in [1.82, 2.24) is 4.98 Å². The standard InChI is InChI=1S/C20H22ClN3O3S2/c1-5-17(10-11-22-4)28-20-19(12-15(21)13-23-20)24-29(25,26)18-8-6-16(7-9-18)27-14(2)3/h5-14,24H,4H2,1-3H3/b11-10-,17-5+. The molecular formula is C20H22ClN3O3S2. The average Bonchev–Trinajstić information content (AvgIpc) is 2.66. The smallest absolute Gasteiger partial charge is 0.261 e. The second kappa shape index (κ2) is 10.5. The zero-order valence-corrected chi connectivity index (χ0v) is 18.7. The fourth-order valence-corrected chi connectivity index (χ4v) is 4.26. The van der Waals surface area contributed by atoms with Crippen molar-refractivity contribution in [1.29, 1.82) is 0 Å². The van der Waals surface area contributed by atoms with Gasteiger partial charge in [0.25, 0.3) is 10.0 Å². The van der Waals surface area contributed by atoms with Gasteiger partial charge in [-0.3, -0.25) is 9.71 Å². The summed E-state index contributed by atoms with van der Waals surface area (Å²) in [6.45, 7) is 9.06. The maximum atomic E-state index is 12.8. The Hall–Kier alpha value is -2.29. The number of allylic oxidation sites excluding steroid dienone is 2. The lowest BCUT2D eigenvalue weighted by Gasteiger charge is -2.13. The normalized spacial score (nSPS) is 12.4.